The standard InChI is InChI=1S/C13H28N2O/c1-13(2,11-14)6-3-4-7-15-8-5-12(9-15)10-16/h12,16H,3-11,14H2,1-2H3. The number of likely N-dealkylation sites (tertiary alicyclic amines) is 1. The zero-order valence-electron chi connectivity index (χ0n) is 10.9. The minimum Gasteiger partial charge on any atom is -0.396 e. The summed E-state index contributed by atoms with van der Waals surface area (Å²) in [5, 5.41) is 9.05. The zero-order valence-corrected chi connectivity index (χ0v) is 10.9. The Morgan fingerprint density at radius 1 is 1.38 bits per heavy atom. The first kappa shape index (κ1) is 13.9. The van der Waals surface area contributed by atoms with Gasteiger partial charge in [-0.1, -0.05) is 20.3 Å². The van der Waals surface area contributed by atoms with E-state index in [9.17, 15) is 0 Å². The van der Waals surface area contributed by atoms with Crippen molar-refractivity contribution in [3.05, 3.63) is 0 Å². The molecule has 3 heteroatoms. The van der Waals surface area contributed by atoms with E-state index < -0.39 is 0 Å². The maximum atomic E-state index is 9.05. The molecule has 1 rings (SSSR count). The molecule has 0 aliphatic carbocycles. The molecular weight excluding hydrogens is 200 g/mol. The molecule has 1 aliphatic heterocycles. The summed E-state index contributed by atoms with van der Waals surface area (Å²) in [5.41, 5.74) is 6.01. The highest BCUT2D eigenvalue weighted by atomic mass is 16.3. The molecule has 0 amide bonds. The first-order valence-corrected chi connectivity index (χ1v) is 6.61. The molecule has 0 saturated carbocycles. The van der Waals surface area contributed by atoms with Gasteiger partial charge in [-0.15, -0.1) is 0 Å². The monoisotopic (exact) mass is 228 g/mol. The van der Waals surface area contributed by atoms with Gasteiger partial charge in [0.1, 0.15) is 0 Å². The number of aliphatic hydroxyl groups is 1. The van der Waals surface area contributed by atoms with Crippen LogP contribution in [0, 0.1) is 11.3 Å². The smallest absolute Gasteiger partial charge is 0.0471 e. The van der Waals surface area contributed by atoms with Crippen LogP contribution in [0.15, 0.2) is 0 Å². The summed E-state index contributed by atoms with van der Waals surface area (Å²) in [4.78, 5) is 2.48. The minimum atomic E-state index is 0.304. The van der Waals surface area contributed by atoms with Crippen LogP contribution in [0.2, 0.25) is 0 Å². The SMILES string of the molecule is CC(C)(CN)CCCCN1CCC(CO)C1. The number of unbranched alkanes of at least 4 members (excludes halogenated alkanes) is 1. The van der Waals surface area contributed by atoms with Crippen LogP contribution in [0.1, 0.15) is 39.5 Å². The second-order valence-electron chi connectivity index (χ2n) is 5.96. The van der Waals surface area contributed by atoms with Gasteiger partial charge in [0.25, 0.3) is 0 Å². The van der Waals surface area contributed by atoms with Crippen LogP contribution in [-0.4, -0.2) is 42.8 Å². The molecule has 0 aromatic carbocycles. The first-order chi connectivity index (χ1) is 7.57. The van der Waals surface area contributed by atoms with Crippen LogP contribution >= 0.6 is 0 Å². The Kier molecular flexibility index (Phi) is 5.73. The van der Waals surface area contributed by atoms with Crippen molar-refractivity contribution in [1.29, 1.82) is 0 Å². The number of hydrogen-bond donors (Lipinski definition) is 2. The molecule has 0 aromatic heterocycles. The molecule has 16 heavy (non-hydrogen) atoms. The molecule has 3 nitrogen and oxygen atoms in total. The van der Waals surface area contributed by atoms with Gasteiger partial charge in [0, 0.05) is 13.2 Å². The van der Waals surface area contributed by atoms with Crippen molar-refractivity contribution in [3.63, 3.8) is 0 Å². The predicted molar refractivity (Wildman–Crippen MR) is 68.3 cm³/mol. The van der Waals surface area contributed by atoms with Crippen molar-refractivity contribution in [3.8, 4) is 0 Å². The fraction of sp³-hybridized carbons (Fsp3) is 1.00. The molecule has 1 atom stereocenters. The summed E-state index contributed by atoms with van der Waals surface area (Å²) in [5.74, 6) is 0.528. The van der Waals surface area contributed by atoms with E-state index in [4.69, 9.17) is 10.8 Å². The van der Waals surface area contributed by atoms with Gasteiger partial charge in [0.2, 0.25) is 0 Å². The van der Waals surface area contributed by atoms with Crippen LogP contribution in [0.5, 0.6) is 0 Å². The van der Waals surface area contributed by atoms with Crippen molar-refractivity contribution in [1.82, 2.24) is 4.90 Å². The quantitative estimate of drug-likeness (QED) is 0.649. The molecule has 0 bridgehead atoms. The lowest BCUT2D eigenvalue weighted by molar-refractivity contribution is 0.219. The lowest BCUT2D eigenvalue weighted by Gasteiger charge is -2.23. The third-order valence-corrected chi connectivity index (χ3v) is 3.76. The Labute approximate surface area is 100 Å². The molecule has 1 saturated heterocycles. The van der Waals surface area contributed by atoms with E-state index in [0.29, 0.717) is 17.9 Å². The average Bonchev–Trinajstić information content (AvgIpc) is 2.72. The van der Waals surface area contributed by atoms with Gasteiger partial charge in [-0.3, -0.25) is 0 Å². The van der Waals surface area contributed by atoms with E-state index in [-0.39, 0.29) is 0 Å². The van der Waals surface area contributed by atoms with Crippen molar-refractivity contribution >= 4 is 0 Å². The van der Waals surface area contributed by atoms with Gasteiger partial charge < -0.3 is 15.7 Å². The third-order valence-electron chi connectivity index (χ3n) is 3.76. The van der Waals surface area contributed by atoms with Gasteiger partial charge in [-0.25, -0.2) is 0 Å². The molecular formula is C13H28N2O. The van der Waals surface area contributed by atoms with E-state index in [1.54, 1.807) is 0 Å². The summed E-state index contributed by atoms with van der Waals surface area (Å²) in [6.45, 7) is 9.08. The van der Waals surface area contributed by atoms with Crippen LogP contribution < -0.4 is 5.73 Å². The van der Waals surface area contributed by atoms with Gasteiger partial charge in [0.15, 0.2) is 0 Å². The fourth-order valence-electron chi connectivity index (χ4n) is 2.31. The van der Waals surface area contributed by atoms with Crippen molar-refractivity contribution < 1.29 is 5.11 Å². The second kappa shape index (κ2) is 6.58. The maximum Gasteiger partial charge on any atom is 0.0471 e. The normalized spacial score (nSPS) is 22.9. The Morgan fingerprint density at radius 2 is 2.12 bits per heavy atom. The largest absolute Gasteiger partial charge is 0.396 e. The van der Waals surface area contributed by atoms with E-state index in [1.165, 1.54) is 38.8 Å². The minimum absolute atomic E-state index is 0.304. The Hall–Kier alpha value is -0.120. The Bertz CT molecular complexity index is 194. The van der Waals surface area contributed by atoms with Gasteiger partial charge in [-0.2, -0.15) is 0 Å². The average molecular weight is 228 g/mol. The molecule has 0 aromatic rings. The number of rotatable bonds is 7. The summed E-state index contributed by atoms with van der Waals surface area (Å²) >= 11 is 0. The topological polar surface area (TPSA) is 49.5 Å². The number of hydrogen-bond acceptors (Lipinski definition) is 3. The number of aliphatic hydroxyl groups excluding tert-OH is 1. The van der Waals surface area contributed by atoms with Crippen LogP contribution in [-0.2, 0) is 0 Å². The zero-order chi connectivity index (χ0) is 12.0. The summed E-state index contributed by atoms with van der Waals surface area (Å²) in [7, 11) is 0. The third kappa shape index (κ3) is 4.81. The first-order valence-electron chi connectivity index (χ1n) is 6.61. The summed E-state index contributed by atoms with van der Waals surface area (Å²) in [6.07, 6.45) is 4.93. The van der Waals surface area contributed by atoms with Crippen molar-refractivity contribution in [2.45, 2.75) is 39.5 Å². The van der Waals surface area contributed by atoms with E-state index in [1.807, 2.05) is 0 Å². The number of nitrogens with two attached hydrogens (primary N) is 1. The van der Waals surface area contributed by atoms with Gasteiger partial charge in [-0.05, 0) is 50.2 Å². The maximum absolute atomic E-state index is 9.05. The van der Waals surface area contributed by atoms with Crippen LogP contribution in [0.4, 0.5) is 0 Å². The lowest BCUT2D eigenvalue weighted by Crippen LogP contribution is -2.25. The molecule has 0 spiro atoms. The lowest BCUT2D eigenvalue weighted by atomic mass is 9.87. The highest BCUT2D eigenvalue weighted by Crippen LogP contribution is 2.22. The predicted octanol–water partition coefficient (Wildman–Crippen LogP) is 1.46. The molecule has 3 N–H and O–H groups in total. The van der Waals surface area contributed by atoms with Crippen LogP contribution in [0.25, 0.3) is 0 Å². The van der Waals surface area contributed by atoms with Crippen molar-refractivity contribution in [2.75, 3.05) is 32.8 Å². The van der Waals surface area contributed by atoms with E-state index >= 15 is 0 Å². The fourth-order valence-corrected chi connectivity index (χ4v) is 2.31. The highest BCUT2D eigenvalue weighted by Gasteiger charge is 2.21. The molecule has 0 radical (unpaired) electrons. The molecule has 1 heterocycles. The van der Waals surface area contributed by atoms with Gasteiger partial charge >= 0.3 is 0 Å². The number of nitrogens with zero attached hydrogens (tertiary/aromatic N) is 1. The molecule has 1 fully saturated rings. The van der Waals surface area contributed by atoms with E-state index in [2.05, 4.69) is 18.7 Å². The van der Waals surface area contributed by atoms with Crippen LogP contribution in [0.3, 0.4) is 0 Å². The molecule has 1 unspecified atom stereocenters. The Morgan fingerprint density at radius 3 is 2.69 bits per heavy atom. The van der Waals surface area contributed by atoms with Gasteiger partial charge in [0.05, 0.1) is 0 Å². The summed E-state index contributed by atoms with van der Waals surface area (Å²) < 4.78 is 0. The van der Waals surface area contributed by atoms with E-state index in [0.717, 1.165) is 13.1 Å². The summed E-state index contributed by atoms with van der Waals surface area (Å²) in [6, 6.07) is 0. The molecule has 1 aliphatic rings. The Balaban J connectivity index is 2.04. The van der Waals surface area contributed by atoms with Crippen molar-refractivity contribution in [2.24, 2.45) is 17.1 Å². The second-order valence-corrected chi connectivity index (χ2v) is 5.96. The highest BCUT2D eigenvalue weighted by molar-refractivity contribution is 4.75. The molecule has 96 valence electrons.